The maximum Gasteiger partial charge on any atom is 0.00194 e. The molecule has 0 aliphatic rings. The molecule has 0 radical (unpaired) electrons. The molecule has 1 atom stereocenters. The molecule has 0 rings (SSSR count). The van der Waals surface area contributed by atoms with Crippen LogP contribution in [0.2, 0.25) is 0 Å². The SMILES string of the molecule is CNCC(C)CN(CC(C)C)CC(C)C. The van der Waals surface area contributed by atoms with E-state index in [0.717, 1.165) is 24.3 Å². The lowest BCUT2D eigenvalue weighted by atomic mass is 10.1. The summed E-state index contributed by atoms with van der Waals surface area (Å²) < 4.78 is 0. The molecule has 0 aromatic rings. The first-order valence-electron chi connectivity index (χ1n) is 6.32. The molecule has 0 aliphatic heterocycles. The van der Waals surface area contributed by atoms with Crippen LogP contribution in [0.15, 0.2) is 0 Å². The Hall–Kier alpha value is -0.0800. The minimum absolute atomic E-state index is 0.743. The zero-order valence-corrected chi connectivity index (χ0v) is 11.5. The molecule has 92 valence electrons. The number of hydrogen-bond acceptors (Lipinski definition) is 2. The Bertz CT molecular complexity index is 133. The van der Waals surface area contributed by atoms with E-state index in [0.29, 0.717) is 0 Å². The number of nitrogens with one attached hydrogen (secondary N) is 1. The highest BCUT2D eigenvalue weighted by Crippen LogP contribution is 2.07. The molecule has 2 heteroatoms. The highest BCUT2D eigenvalue weighted by atomic mass is 15.1. The van der Waals surface area contributed by atoms with E-state index in [1.807, 2.05) is 7.05 Å². The van der Waals surface area contributed by atoms with Crippen molar-refractivity contribution >= 4 is 0 Å². The van der Waals surface area contributed by atoms with E-state index in [-0.39, 0.29) is 0 Å². The molecular weight excluding hydrogens is 184 g/mol. The molecule has 1 N–H and O–H groups in total. The smallest absolute Gasteiger partial charge is 0.00194 e. The molecule has 0 saturated heterocycles. The van der Waals surface area contributed by atoms with Gasteiger partial charge >= 0.3 is 0 Å². The van der Waals surface area contributed by atoms with Gasteiger partial charge < -0.3 is 10.2 Å². The van der Waals surface area contributed by atoms with Crippen molar-refractivity contribution in [1.29, 1.82) is 0 Å². The first kappa shape index (κ1) is 14.9. The summed E-state index contributed by atoms with van der Waals surface area (Å²) in [7, 11) is 2.03. The third-order valence-corrected chi connectivity index (χ3v) is 2.37. The number of nitrogens with zero attached hydrogens (tertiary/aromatic N) is 1. The normalized spacial score (nSPS) is 14.2. The van der Waals surface area contributed by atoms with Crippen LogP contribution >= 0.6 is 0 Å². The molecule has 2 nitrogen and oxygen atoms in total. The fourth-order valence-corrected chi connectivity index (χ4v) is 2.11. The second-order valence-electron chi connectivity index (χ2n) is 5.67. The first-order valence-corrected chi connectivity index (χ1v) is 6.32. The lowest BCUT2D eigenvalue weighted by Gasteiger charge is -2.28. The number of rotatable bonds is 8. The standard InChI is InChI=1S/C13H30N2/c1-11(2)8-15(9-12(3)4)10-13(5)7-14-6/h11-14H,7-10H2,1-6H3. The zero-order valence-electron chi connectivity index (χ0n) is 11.5. The van der Waals surface area contributed by atoms with E-state index in [9.17, 15) is 0 Å². The Morgan fingerprint density at radius 3 is 1.67 bits per heavy atom. The van der Waals surface area contributed by atoms with Crippen LogP contribution in [0.25, 0.3) is 0 Å². The van der Waals surface area contributed by atoms with E-state index < -0.39 is 0 Å². The average Bonchev–Trinajstić information content (AvgIpc) is 2.00. The molecule has 0 aliphatic carbocycles. The van der Waals surface area contributed by atoms with Crippen molar-refractivity contribution in [1.82, 2.24) is 10.2 Å². The summed E-state index contributed by atoms with van der Waals surface area (Å²) in [4.78, 5) is 2.61. The van der Waals surface area contributed by atoms with Crippen LogP contribution in [0.4, 0.5) is 0 Å². The second kappa shape index (κ2) is 8.12. The summed E-state index contributed by atoms with van der Waals surface area (Å²) in [6.45, 7) is 16.3. The second-order valence-corrected chi connectivity index (χ2v) is 5.67. The highest BCUT2D eigenvalue weighted by Gasteiger charge is 2.12. The molecule has 0 heterocycles. The van der Waals surface area contributed by atoms with Gasteiger partial charge in [-0.3, -0.25) is 0 Å². The molecule has 15 heavy (non-hydrogen) atoms. The van der Waals surface area contributed by atoms with Crippen LogP contribution in [-0.2, 0) is 0 Å². The van der Waals surface area contributed by atoms with Gasteiger partial charge in [-0.15, -0.1) is 0 Å². The van der Waals surface area contributed by atoms with Gasteiger partial charge in [0.05, 0.1) is 0 Å². The summed E-state index contributed by atoms with van der Waals surface area (Å²) >= 11 is 0. The largest absolute Gasteiger partial charge is 0.319 e. The van der Waals surface area contributed by atoms with Crippen LogP contribution in [0.1, 0.15) is 34.6 Å². The lowest BCUT2D eigenvalue weighted by Crippen LogP contribution is -2.37. The van der Waals surface area contributed by atoms with Gasteiger partial charge in [0.15, 0.2) is 0 Å². The molecule has 1 unspecified atom stereocenters. The van der Waals surface area contributed by atoms with Crippen molar-refractivity contribution in [2.45, 2.75) is 34.6 Å². The van der Waals surface area contributed by atoms with Crippen molar-refractivity contribution in [3.63, 3.8) is 0 Å². The van der Waals surface area contributed by atoms with Gasteiger partial charge in [-0.1, -0.05) is 34.6 Å². The Balaban J connectivity index is 3.99. The van der Waals surface area contributed by atoms with Crippen molar-refractivity contribution in [2.24, 2.45) is 17.8 Å². The fourth-order valence-electron chi connectivity index (χ4n) is 2.11. The third kappa shape index (κ3) is 8.88. The van der Waals surface area contributed by atoms with Gasteiger partial charge in [0, 0.05) is 19.6 Å². The monoisotopic (exact) mass is 214 g/mol. The van der Waals surface area contributed by atoms with Gasteiger partial charge in [0.25, 0.3) is 0 Å². The van der Waals surface area contributed by atoms with Crippen molar-refractivity contribution in [2.75, 3.05) is 33.2 Å². The van der Waals surface area contributed by atoms with Gasteiger partial charge in [0.1, 0.15) is 0 Å². The molecule has 0 fully saturated rings. The molecule has 0 bridgehead atoms. The van der Waals surface area contributed by atoms with E-state index in [4.69, 9.17) is 0 Å². The summed E-state index contributed by atoms with van der Waals surface area (Å²) in [6.07, 6.45) is 0. The third-order valence-electron chi connectivity index (χ3n) is 2.37. The van der Waals surface area contributed by atoms with Crippen LogP contribution in [0.5, 0.6) is 0 Å². The Kier molecular flexibility index (Phi) is 8.07. The zero-order chi connectivity index (χ0) is 11.8. The van der Waals surface area contributed by atoms with Gasteiger partial charge in [-0.25, -0.2) is 0 Å². The predicted octanol–water partition coefficient (Wildman–Crippen LogP) is 2.46. The average molecular weight is 214 g/mol. The Labute approximate surface area is 96.4 Å². The van der Waals surface area contributed by atoms with Crippen LogP contribution < -0.4 is 5.32 Å². The maximum atomic E-state index is 3.25. The van der Waals surface area contributed by atoms with E-state index in [1.54, 1.807) is 0 Å². The Morgan fingerprint density at radius 1 is 0.867 bits per heavy atom. The molecule has 0 aromatic heterocycles. The minimum Gasteiger partial charge on any atom is -0.319 e. The summed E-state index contributed by atoms with van der Waals surface area (Å²) in [6, 6.07) is 0. The minimum atomic E-state index is 0.743. The molecule has 0 amide bonds. The van der Waals surface area contributed by atoms with E-state index in [1.165, 1.54) is 19.6 Å². The topological polar surface area (TPSA) is 15.3 Å². The van der Waals surface area contributed by atoms with Crippen LogP contribution in [0.3, 0.4) is 0 Å². The molecule has 0 aromatic carbocycles. The van der Waals surface area contributed by atoms with E-state index in [2.05, 4.69) is 44.8 Å². The molecule has 0 saturated carbocycles. The molecule has 0 spiro atoms. The van der Waals surface area contributed by atoms with E-state index >= 15 is 0 Å². The van der Waals surface area contributed by atoms with Gasteiger partial charge in [0.2, 0.25) is 0 Å². The van der Waals surface area contributed by atoms with Crippen molar-refractivity contribution in [3.8, 4) is 0 Å². The van der Waals surface area contributed by atoms with Crippen molar-refractivity contribution < 1.29 is 0 Å². The lowest BCUT2D eigenvalue weighted by molar-refractivity contribution is 0.192. The summed E-state index contributed by atoms with van der Waals surface area (Å²) in [5.41, 5.74) is 0. The fraction of sp³-hybridized carbons (Fsp3) is 1.00. The van der Waals surface area contributed by atoms with Crippen LogP contribution in [0, 0.1) is 17.8 Å². The molecular formula is C13H30N2. The van der Waals surface area contributed by atoms with Crippen LogP contribution in [-0.4, -0.2) is 38.1 Å². The van der Waals surface area contributed by atoms with Gasteiger partial charge in [-0.2, -0.15) is 0 Å². The van der Waals surface area contributed by atoms with Gasteiger partial charge in [-0.05, 0) is 31.3 Å². The summed E-state index contributed by atoms with van der Waals surface area (Å²) in [5, 5.41) is 3.25. The maximum absolute atomic E-state index is 3.25. The quantitative estimate of drug-likeness (QED) is 0.668. The first-order chi connectivity index (χ1) is 6.95. The summed E-state index contributed by atoms with van der Waals surface area (Å²) in [5.74, 6) is 2.28. The Morgan fingerprint density at radius 2 is 1.33 bits per heavy atom. The predicted molar refractivity (Wildman–Crippen MR) is 69.2 cm³/mol. The van der Waals surface area contributed by atoms with Crippen molar-refractivity contribution in [3.05, 3.63) is 0 Å². The highest BCUT2D eigenvalue weighted by molar-refractivity contribution is 4.67. The number of hydrogen-bond donors (Lipinski definition) is 1.